The van der Waals surface area contributed by atoms with E-state index in [-0.39, 0.29) is 38.3 Å². The number of rotatable bonds is 42. The van der Waals surface area contributed by atoms with Gasteiger partial charge in [-0.3, -0.25) is 86.7 Å². The topological polar surface area (TPSA) is 684 Å². The number of guanidine groups is 2. The molecule has 0 bridgehead atoms. The number of hydrogen-bond donors (Lipinski definition) is 21. The van der Waals surface area contributed by atoms with Gasteiger partial charge in [-0.05, 0) is 44.9 Å². The van der Waals surface area contributed by atoms with Gasteiger partial charge in [0.05, 0.1) is 25.9 Å². The largest absolute Gasteiger partial charge is 0.481 e. The molecule has 0 aliphatic carbocycles. The highest BCUT2D eigenvalue weighted by Gasteiger charge is 2.37. The summed E-state index contributed by atoms with van der Waals surface area (Å²) in [4.78, 5) is 211. The van der Waals surface area contributed by atoms with Crippen LogP contribution in [0.4, 0.5) is 0 Å². The van der Waals surface area contributed by atoms with Gasteiger partial charge in [0.1, 0.15) is 54.4 Å². The molecule has 0 heterocycles. The highest BCUT2D eigenvalue weighted by atomic mass is 16.4. The number of aliphatic hydroxyl groups excluding tert-OH is 1. The third kappa shape index (κ3) is 32.0. The normalized spacial score (nSPS) is 13.9. The number of aliphatic carboxylic acids is 5. The van der Waals surface area contributed by atoms with Crippen LogP contribution in [0.25, 0.3) is 0 Å². The molecular formula is C44H71N17O22. The van der Waals surface area contributed by atoms with Crippen LogP contribution in [0.15, 0.2) is 9.98 Å². The van der Waals surface area contributed by atoms with E-state index in [1.165, 1.54) is 0 Å². The summed E-state index contributed by atoms with van der Waals surface area (Å²) in [6.45, 7) is -0.327. The van der Waals surface area contributed by atoms with Crippen LogP contribution in [-0.4, -0.2) is 211 Å². The lowest BCUT2D eigenvalue weighted by Crippen LogP contribution is -2.61. The second kappa shape index (κ2) is 37.8. The van der Waals surface area contributed by atoms with E-state index in [4.69, 9.17) is 34.4 Å². The van der Waals surface area contributed by atoms with Crippen molar-refractivity contribution in [3.8, 4) is 0 Å². The highest BCUT2D eigenvalue weighted by Crippen LogP contribution is 2.10. The molecule has 0 aromatic carbocycles. The summed E-state index contributed by atoms with van der Waals surface area (Å²) in [5, 5.41) is 75.7. The summed E-state index contributed by atoms with van der Waals surface area (Å²) in [5.74, 6) is -23.2. The molecule has 0 radical (unpaired) electrons. The predicted octanol–water partition coefficient (Wildman–Crippen LogP) is -10.6. The van der Waals surface area contributed by atoms with Crippen LogP contribution in [-0.2, 0) is 76.7 Å². The van der Waals surface area contributed by atoms with E-state index in [0.29, 0.717) is 0 Å². The molecule has 0 aromatic rings. The first-order valence-electron chi connectivity index (χ1n) is 24.8. The lowest BCUT2D eigenvalue weighted by Gasteiger charge is -2.27. The van der Waals surface area contributed by atoms with E-state index < -0.39 is 226 Å². The SMILES string of the molecule is CC(=O)N[C@H](CO)C(=O)N[C@H](CCC(=O)O)C(=O)N[C@H](CC(=O)O)C(=O)N[C@H](CC(N)=O)C(=O)N[C@H](CCCN=C(N)N)C(=O)N[C@H](CC(=O)O)C(=O)N[C@H](CCC(=O)O)C(=O)N[C@H](CCC(=O)O)C(=O)N[C@H](CCCN=C(N)N)C(N)=O. The molecule has 0 aliphatic heterocycles. The number of amides is 11. The summed E-state index contributed by atoms with van der Waals surface area (Å²) >= 11 is 0. The van der Waals surface area contributed by atoms with Gasteiger partial charge in [-0.15, -0.1) is 0 Å². The molecule has 39 heteroatoms. The van der Waals surface area contributed by atoms with Crippen LogP contribution in [0.3, 0.4) is 0 Å². The Bertz CT molecular complexity index is 2450. The van der Waals surface area contributed by atoms with Gasteiger partial charge in [-0.25, -0.2) is 0 Å². The molecule has 0 fully saturated rings. The Kier molecular flexibility index (Phi) is 33.3. The zero-order valence-electron chi connectivity index (χ0n) is 44.6. The van der Waals surface area contributed by atoms with Gasteiger partial charge in [0.2, 0.25) is 65.0 Å². The molecule has 9 atom stereocenters. The summed E-state index contributed by atoms with van der Waals surface area (Å²) in [7, 11) is 0. The Balaban J connectivity index is 7.07. The summed E-state index contributed by atoms with van der Waals surface area (Å²) in [6, 6.07) is -17.4. The smallest absolute Gasteiger partial charge is 0.305 e. The van der Waals surface area contributed by atoms with Gasteiger partial charge >= 0.3 is 29.8 Å². The Labute approximate surface area is 470 Å². The van der Waals surface area contributed by atoms with E-state index >= 15 is 0 Å². The molecule has 0 saturated heterocycles. The number of aliphatic imine (C=N–C) groups is 2. The van der Waals surface area contributed by atoms with Crippen molar-refractivity contribution < 1.29 is 107 Å². The number of carbonyl (C=O) groups is 16. The van der Waals surface area contributed by atoms with Crippen LogP contribution in [0.2, 0.25) is 0 Å². The number of nitrogens with two attached hydrogens (primary N) is 6. The van der Waals surface area contributed by atoms with Crippen molar-refractivity contribution in [2.24, 2.45) is 44.4 Å². The number of aliphatic hydroxyl groups is 1. The lowest BCUT2D eigenvalue weighted by atomic mass is 10.0. The number of nitrogens with one attached hydrogen (secondary N) is 9. The van der Waals surface area contributed by atoms with Crippen LogP contribution >= 0.6 is 0 Å². The number of carboxylic acid groups (broad SMARTS) is 5. The Morgan fingerprint density at radius 2 is 0.614 bits per heavy atom. The molecule has 0 aromatic heterocycles. The van der Waals surface area contributed by atoms with Crippen molar-refractivity contribution >= 4 is 107 Å². The van der Waals surface area contributed by atoms with E-state index in [9.17, 15) is 107 Å². The van der Waals surface area contributed by atoms with Crippen molar-refractivity contribution in [1.82, 2.24) is 47.9 Å². The number of hydrogen-bond acceptors (Lipinski definition) is 19. The van der Waals surface area contributed by atoms with E-state index in [1.54, 1.807) is 0 Å². The highest BCUT2D eigenvalue weighted by molar-refractivity contribution is 6.00. The fourth-order valence-corrected chi connectivity index (χ4v) is 6.97. The molecule has 0 unspecified atom stereocenters. The lowest BCUT2D eigenvalue weighted by molar-refractivity contribution is -0.143. The maximum atomic E-state index is 14.0. The fourth-order valence-electron chi connectivity index (χ4n) is 6.97. The molecule has 464 valence electrons. The number of carboxylic acids is 5. The fraction of sp³-hybridized carbons (Fsp3) is 0.591. The van der Waals surface area contributed by atoms with Crippen molar-refractivity contribution in [1.29, 1.82) is 0 Å². The minimum atomic E-state index is -2.23. The molecule has 0 aliphatic rings. The molecule has 11 amide bonds. The van der Waals surface area contributed by atoms with Crippen LogP contribution in [0.5, 0.6) is 0 Å². The van der Waals surface area contributed by atoms with Crippen LogP contribution in [0.1, 0.15) is 90.4 Å². The van der Waals surface area contributed by atoms with Crippen molar-refractivity contribution in [3.63, 3.8) is 0 Å². The number of primary amides is 2. The van der Waals surface area contributed by atoms with Gasteiger partial charge in [-0.1, -0.05) is 0 Å². The summed E-state index contributed by atoms with van der Waals surface area (Å²) in [5.41, 5.74) is 32.0. The third-order valence-electron chi connectivity index (χ3n) is 11.0. The van der Waals surface area contributed by atoms with Crippen molar-refractivity contribution in [3.05, 3.63) is 0 Å². The van der Waals surface area contributed by atoms with E-state index in [2.05, 4.69) is 41.9 Å². The van der Waals surface area contributed by atoms with E-state index in [1.807, 2.05) is 16.0 Å². The molecule has 83 heavy (non-hydrogen) atoms. The molecule has 0 rings (SSSR count). The first-order valence-corrected chi connectivity index (χ1v) is 24.8. The van der Waals surface area contributed by atoms with Gasteiger partial charge in [-0.2, -0.15) is 0 Å². The number of carbonyl (C=O) groups excluding carboxylic acids is 11. The Morgan fingerprint density at radius 3 is 0.880 bits per heavy atom. The third-order valence-corrected chi connectivity index (χ3v) is 11.0. The van der Waals surface area contributed by atoms with E-state index in [0.717, 1.165) is 6.92 Å². The van der Waals surface area contributed by atoms with Gasteiger partial charge < -0.3 is 113 Å². The molecule has 27 N–H and O–H groups in total. The minimum absolute atomic E-state index is 0.0170. The molecule has 0 saturated carbocycles. The van der Waals surface area contributed by atoms with Crippen LogP contribution < -0.4 is 82.3 Å². The first-order chi connectivity index (χ1) is 38.7. The standard InChI is InChI=1S/C44H71N17O22/c1-18(63)53-27(17-62)42(83)58-23(8-11-31(69)70)38(79)61-26(16-33(73)74)41(82)59-24(14-28(45)64)39(80)55-20(5-3-13-52-44(49)50)35(76)60-25(15-32(71)72)40(81)57-22(7-10-30(67)68)37(78)56-21(6-9-29(65)66)36(77)54-19(34(46)75)4-2-12-51-43(47)48/h19-27,62H,2-17H2,1H3,(H2,45,64)(H2,46,75)(H,53,63)(H,54,77)(H,55,80)(H,56,78)(H,57,81)(H,58,83)(H,59,82)(H,60,76)(H,61,79)(H,65,66)(H,67,68)(H,69,70)(H,71,72)(H,73,74)(H4,47,48,51)(H4,49,50,52)/t19-,20-,21-,22-,23-,24-,25-,26-,27-/m1/s1. The first kappa shape index (κ1) is 73.0. The second-order valence-corrected chi connectivity index (χ2v) is 17.9. The Hall–Kier alpha value is -9.98. The van der Waals surface area contributed by atoms with Gasteiger partial charge in [0.15, 0.2) is 11.9 Å². The number of nitrogens with zero attached hydrogens (tertiary/aromatic N) is 2. The molecule has 0 spiro atoms. The summed E-state index contributed by atoms with van der Waals surface area (Å²) in [6.07, 6.45) is -9.25. The molecule has 39 nitrogen and oxygen atoms in total. The zero-order chi connectivity index (χ0) is 63.7. The maximum absolute atomic E-state index is 14.0. The Morgan fingerprint density at radius 1 is 0.349 bits per heavy atom. The maximum Gasteiger partial charge on any atom is 0.305 e. The van der Waals surface area contributed by atoms with Crippen molar-refractivity contribution in [2.75, 3.05) is 19.7 Å². The predicted molar refractivity (Wildman–Crippen MR) is 278 cm³/mol. The van der Waals surface area contributed by atoms with Gasteiger partial charge in [0, 0.05) is 39.3 Å². The quantitative estimate of drug-likeness (QED) is 0.0153. The zero-order valence-corrected chi connectivity index (χ0v) is 44.6. The van der Waals surface area contributed by atoms with Crippen LogP contribution in [0, 0.1) is 0 Å². The average Bonchev–Trinajstić information content (AvgIpc) is 3.43. The summed E-state index contributed by atoms with van der Waals surface area (Å²) < 4.78 is 0. The molecular weight excluding hydrogens is 1120 g/mol. The second-order valence-electron chi connectivity index (χ2n) is 17.9. The van der Waals surface area contributed by atoms with Gasteiger partial charge in [0.25, 0.3) is 0 Å². The monoisotopic (exact) mass is 1190 g/mol. The minimum Gasteiger partial charge on any atom is -0.481 e. The van der Waals surface area contributed by atoms with Crippen molar-refractivity contribution in [2.45, 2.75) is 145 Å². The average molecular weight is 1190 g/mol.